The van der Waals surface area contributed by atoms with E-state index in [0.717, 1.165) is 27.9 Å². The Balaban J connectivity index is 1.81. The Morgan fingerprint density at radius 3 is 2.57 bits per heavy atom. The van der Waals surface area contributed by atoms with Crippen LogP contribution in [0.25, 0.3) is 27.9 Å². The van der Waals surface area contributed by atoms with Gasteiger partial charge in [-0.3, -0.25) is 4.98 Å². The molecule has 2 heterocycles. The smallest absolute Gasteiger partial charge is 0.123 e. The molecule has 23 heavy (non-hydrogen) atoms. The van der Waals surface area contributed by atoms with Crippen molar-refractivity contribution in [2.75, 3.05) is 5.73 Å². The van der Waals surface area contributed by atoms with Crippen molar-refractivity contribution in [3.05, 3.63) is 72.9 Å². The highest BCUT2D eigenvalue weighted by molar-refractivity contribution is 5.81. The van der Waals surface area contributed by atoms with Crippen LogP contribution in [-0.2, 0) is 0 Å². The van der Waals surface area contributed by atoms with Gasteiger partial charge >= 0.3 is 0 Å². The molecular formula is C18H13FN4. The van der Waals surface area contributed by atoms with Gasteiger partial charge in [-0.1, -0.05) is 12.1 Å². The molecule has 4 aromatic rings. The molecule has 0 saturated heterocycles. The minimum absolute atomic E-state index is 0.266. The number of fused-ring (bicyclic) bond motifs is 1. The minimum atomic E-state index is -0.266. The Bertz CT molecular complexity index is 990. The van der Waals surface area contributed by atoms with Crippen molar-refractivity contribution >= 4 is 11.2 Å². The van der Waals surface area contributed by atoms with Gasteiger partial charge in [0.1, 0.15) is 5.82 Å². The molecule has 5 heteroatoms. The van der Waals surface area contributed by atoms with Crippen LogP contribution in [0.5, 0.6) is 0 Å². The fraction of sp³-hybridized carbons (Fsp3) is 0. The van der Waals surface area contributed by atoms with Crippen molar-refractivity contribution < 1.29 is 4.39 Å². The van der Waals surface area contributed by atoms with Gasteiger partial charge in [-0.25, -0.2) is 8.91 Å². The number of nitrogens with two attached hydrogens (primary N) is 1. The normalized spacial score (nSPS) is 11.0. The average Bonchev–Trinajstić information content (AvgIpc) is 2.98. The molecule has 0 aliphatic rings. The number of halogens is 1. The van der Waals surface area contributed by atoms with E-state index in [9.17, 15) is 4.39 Å². The molecule has 4 rings (SSSR count). The molecule has 0 fully saturated rings. The largest absolute Gasteiger partial charge is 0.399 e. The van der Waals surface area contributed by atoms with E-state index in [1.165, 1.54) is 12.1 Å². The summed E-state index contributed by atoms with van der Waals surface area (Å²) in [5, 5.41) is 4.39. The van der Waals surface area contributed by atoms with E-state index in [1.807, 2.05) is 30.5 Å². The van der Waals surface area contributed by atoms with Crippen LogP contribution in [-0.4, -0.2) is 14.6 Å². The van der Waals surface area contributed by atoms with Crippen LogP contribution < -0.4 is 5.73 Å². The third-order valence-corrected chi connectivity index (χ3v) is 3.74. The van der Waals surface area contributed by atoms with Crippen molar-refractivity contribution in [1.29, 1.82) is 0 Å². The quantitative estimate of drug-likeness (QED) is 0.573. The Labute approximate surface area is 132 Å². The standard InChI is InChI=1S/C18H13FN4/c19-14-6-4-12(5-7-14)17-11-23-18(10-21-17)16(9-22-23)13-2-1-3-15(20)8-13/h1-11H,20H2. The summed E-state index contributed by atoms with van der Waals surface area (Å²) in [6, 6.07) is 13.9. The molecule has 2 aromatic carbocycles. The van der Waals surface area contributed by atoms with E-state index in [1.54, 1.807) is 29.0 Å². The molecule has 0 amide bonds. The van der Waals surface area contributed by atoms with Crippen molar-refractivity contribution in [2.24, 2.45) is 0 Å². The van der Waals surface area contributed by atoms with Gasteiger partial charge in [-0.05, 0) is 42.0 Å². The Kier molecular flexibility index (Phi) is 3.05. The van der Waals surface area contributed by atoms with E-state index >= 15 is 0 Å². The van der Waals surface area contributed by atoms with Crippen molar-refractivity contribution in [3.8, 4) is 22.4 Å². The monoisotopic (exact) mass is 304 g/mol. The molecule has 2 N–H and O–H groups in total. The molecule has 0 bridgehead atoms. The van der Waals surface area contributed by atoms with Gasteiger partial charge in [0, 0.05) is 16.8 Å². The topological polar surface area (TPSA) is 56.2 Å². The van der Waals surface area contributed by atoms with Gasteiger partial charge in [0.05, 0.1) is 29.8 Å². The summed E-state index contributed by atoms with van der Waals surface area (Å²) < 4.78 is 14.8. The molecule has 0 unspecified atom stereocenters. The van der Waals surface area contributed by atoms with Gasteiger partial charge in [-0.2, -0.15) is 5.10 Å². The molecule has 0 spiro atoms. The SMILES string of the molecule is Nc1cccc(-c2cnn3cc(-c4ccc(F)cc4)ncc23)c1. The second kappa shape index (κ2) is 5.21. The molecule has 0 saturated carbocycles. The Morgan fingerprint density at radius 1 is 0.957 bits per heavy atom. The van der Waals surface area contributed by atoms with Gasteiger partial charge < -0.3 is 5.73 Å². The highest BCUT2D eigenvalue weighted by atomic mass is 19.1. The van der Waals surface area contributed by atoms with Crippen LogP contribution in [0.3, 0.4) is 0 Å². The first-order valence-corrected chi connectivity index (χ1v) is 7.16. The number of hydrogen-bond acceptors (Lipinski definition) is 3. The lowest BCUT2D eigenvalue weighted by Crippen LogP contribution is -1.92. The van der Waals surface area contributed by atoms with E-state index in [4.69, 9.17) is 5.73 Å². The van der Waals surface area contributed by atoms with Crippen molar-refractivity contribution in [1.82, 2.24) is 14.6 Å². The molecule has 4 nitrogen and oxygen atoms in total. The number of nitrogens with zero attached hydrogens (tertiary/aromatic N) is 3. The molecule has 0 atom stereocenters. The minimum Gasteiger partial charge on any atom is -0.399 e. The first kappa shape index (κ1) is 13.5. The van der Waals surface area contributed by atoms with Crippen molar-refractivity contribution in [3.63, 3.8) is 0 Å². The van der Waals surface area contributed by atoms with Crippen LogP contribution in [0.1, 0.15) is 0 Å². The summed E-state index contributed by atoms with van der Waals surface area (Å²) in [4.78, 5) is 4.47. The predicted molar refractivity (Wildman–Crippen MR) is 88.2 cm³/mol. The number of aromatic nitrogens is 3. The average molecular weight is 304 g/mol. The predicted octanol–water partition coefficient (Wildman–Crippen LogP) is 3.78. The van der Waals surface area contributed by atoms with Crippen LogP contribution in [0.4, 0.5) is 10.1 Å². The Morgan fingerprint density at radius 2 is 1.78 bits per heavy atom. The van der Waals surface area contributed by atoms with E-state index < -0.39 is 0 Å². The van der Waals surface area contributed by atoms with E-state index in [-0.39, 0.29) is 5.82 Å². The molecule has 0 aliphatic heterocycles. The number of benzene rings is 2. The van der Waals surface area contributed by atoms with Gasteiger partial charge in [0.25, 0.3) is 0 Å². The molecule has 0 aliphatic carbocycles. The zero-order chi connectivity index (χ0) is 15.8. The number of nitrogen functional groups attached to an aromatic ring is 1. The summed E-state index contributed by atoms with van der Waals surface area (Å²) in [5.41, 5.74) is 11.0. The molecule has 2 aromatic heterocycles. The summed E-state index contributed by atoms with van der Waals surface area (Å²) in [6.07, 6.45) is 5.39. The summed E-state index contributed by atoms with van der Waals surface area (Å²) in [7, 11) is 0. The lowest BCUT2D eigenvalue weighted by molar-refractivity contribution is 0.628. The number of rotatable bonds is 2. The summed E-state index contributed by atoms with van der Waals surface area (Å²) >= 11 is 0. The maximum Gasteiger partial charge on any atom is 0.123 e. The highest BCUT2D eigenvalue weighted by Gasteiger charge is 2.09. The first-order valence-electron chi connectivity index (χ1n) is 7.16. The zero-order valence-electron chi connectivity index (χ0n) is 12.1. The lowest BCUT2D eigenvalue weighted by Gasteiger charge is -2.03. The van der Waals surface area contributed by atoms with Crippen LogP contribution in [0, 0.1) is 5.82 Å². The van der Waals surface area contributed by atoms with Crippen LogP contribution in [0.15, 0.2) is 67.1 Å². The first-order chi connectivity index (χ1) is 11.2. The van der Waals surface area contributed by atoms with E-state index in [2.05, 4.69) is 10.1 Å². The Hall–Kier alpha value is -3.21. The second-order valence-electron chi connectivity index (χ2n) is 5.29. The molecule has 112 valence electrons. The zero-order valence-corrected chi connectivity index (χ0v) is 12.1. The maximum absolute atomic E-state index is 13.0. The maximum atomic E-state index is 13.0. The fourth-order valence-electron chi connectivity index (χ4n) is 2.58. The fourth-order valence-corrected chi connectivity index (χ4v) is 2.58. The molecule has 0 radical (unpaired) electrons. The summed E-state index contributed by atoms with van der Waals surface area (Å²) in [6.45, 7) is 0. The third kappa shape index (κ3) is 2.42. The second-order valence-corrected chi connectivity index (χ2v) is 5.29. The lowest BCUT2D eigenvalue weighted by atomic mass is 10.1. The van der Waals surface area contributed by atoms with Gasteiger partial charge in [0.15, 0.2) is 0 Å². The number of anilines is 1. The van der Waals surface area contributed by atoms with E-state index in [0.29, 0.717) is 5.69 Å². The van der Waals surface area contributed by atoms with Gasteiger partial charge in [0.2, 0.25) is 0 Å². The van der Waals surface area contributed by atoms with Gasteiger partial charge in [-0.15, -0.1) is 0 Å². The van der Waals surface area contributed by atoms with Crippen LogP contribution in [0.2, 0.25) is 0 Å². The molecular weight excluding hydrogens is 291 g/mol. The number of hydrogen-bond donors (Lipinski definition) is 1. The highest BCUT2D eigenvalue weighted by Crippen LogP contribution is 2.27. The van der Waals surface area contributed by atoms with Crippen molar-refractivity contribution in [2.45, 2.75) is 0 Å². The third-order valence-electron chi connectivity index (χ3n) is 3.74. The van der Waals surface area contributed by atoms with Crippen LogP contribution >= 0.6 is 0 Å². The summed E-state index contributed by atoms with van der Waals surface area (Å²) in [5.74, 6) is -0.266.